The molecule has 1 amide bonds. The van der Waals surface area contributed by atoms with Gasteiger partial charge in [-0.3, -0.25) is 4.79 Å². The summed E-state index contributed by atoms with van der Waals surface area (Å²) >= 11 is 0. The quantitative estimate of drug-likeness (QED) is 0.670. The molecule has 0 unspecified atom stereocenters. The lowest BCUT2D eigenvalue weighted by atomic mass is 9.88. The number of amides is 1. The zero-order valence-corrected chi connectivity index (χ0v) is 12.4. The first-order chi connectivity index (χ1) is 9.48. The van der Waals surface area contributed by atoms with E-state index in [1.165, 1.54) is 0 Å². The number of anilines is 1. The highest BCUT2D eigenvalue weighted by molar-refractivity contribution is 5.92. The predicted octanol–water partition coefficient (Wildman–Crippen LogP) is 1.44. The van der Waals surface area contributed by atoms with Gasteiger partial charge in [0.15, 0.2) is 5.69 Å². The fraction of sp³-hybridized carbons (Fsp3) is 0.643. The molecule has 0 aliphatic carbocycles. The molecular formula is C14H24N4O2. The van der Waals surface area contributed by atoms with Crippen LogP contribution in [0.25, 0.3) is 0 Å². The number of hydrogen-bond donors (Lipinski definition) is 3. The van der Waals surface area contributed by atoms with E-state index in [-0.39, 0.29) is 17.9 Å². The van der Waals surface area contributed by atoms with Crippen molar-refractivity contribution < 1.29 is 9.90 Å². The molecule has 0 radical (unpaired) electrons. The predicted molar refractivity (Wildman–Crippen MR) is 78.6 cm³/mol. The number of nitrogens with one attached hydrogen (secondary N) is 2. The summed E-state index contributed by atoms with van der Waals surface area (Å²) in [5.74, 6) is 0.435. The number of hydrogen-bond acceptors (Lipinski definition) is 5. The second-order valence-corrected chi connectivity index (χ2v) is 5.51. The molecule has 1 aromatic rings. The van der Waals surface area contributed by atoms with E-state index < -0.39 is 0 Å². The molecule has 0 atom stereocenters. The SMILES string of the molecule is CCNC(=O)c1ccc(NCC(C)(C)CCCO)nn1. The lowest BCUT2D eigenvalue weighted by molar-refractivity contribution is 0.0950. The van der Waals surface area contributed by atoms with Crippen molar-refractivity contribution in [3.05, 3.63) is 17.8 Å². The molecule has 0 aromatic carbocycles. The van der Waals surface area contributed by atoms with Crippen LogP contribution >= 0.6 is 0 Å². The zero-order chi connectivity index (χ0) is 15.0. The normalized spacial score (nSPS) is 11.2. The van der Waals surface area contributed by atoms with Crippen LogP contribution in [0.4, 0.5) is 5.82 Å². The summed E-state index contributed by atoms with van der Waals surface area (Å²) in [7, 11) is 0. The van der Waals surface area contributed by atoms with E-state index in [1.807, 2.05) is 6.92 Å². The van der Waals surface area contributed by atoms with Gasteiger partial charge in [-0.2, -0.15) is 0 Å². The average Bonchev–Trinajstić information content (AvgIpc) is 2.44. The second kappa shape index (κ2) is 7.79. The molecule has 0 saturated heterocycles. The zero-order valence-electron chi connectivity index (χ0n) is 12.4. The first-order valence-electron chi connectivity index (χ1n) is 6.95. The average molecular weight is 280 g/mol. The van der Waals surface area contributed by atoms with Gasteiger partial charge < -0.3 is 15.7 Å². The standard InChI is InChI=1S/C14H24N4O2/c1-4-15-13(20)11-6-7-12(18-17-11)16-10-14(2,3)8-5-9-19/h6-7,19H,4-5,8-10H2,1-3H3,(H,15,20)(H,16,18). The van der Waals surface area contributed by atoms with Crippen molar-refractivity contribution in [2.24, 2.45) is 5.41 Å². The highest BCUT2D eigenvalue weighted by Crippen LogP contribution is 2.22. The lowest BCUT2D eigenvalue weighted by Gasteiger charge is -2.24. The Balaban J connectivity index is 2.51. The van der Waals surface area contributed by atoms with Crippen LogP contribution in [-0.4, -0.2) is 40.9 Å². The largest absolute Gasteiger partial charge is 0.396 e. The van der Waals surface area contributed by atoms with Crippen molar-refractivity contribution in [3.8, 4) is 0 Å². The van der Waals surface area contributed by atoms with Gasteiger partial charge in [0.1, 0.15) is 5.82 Å². The number of aliphatic hydroxyl groups excluding tert-OH is 1. The van der Waals surface area contributed by atoms with E-state index in [0.29, 0.717) is 18.1 Å². The minimum absolute atomic E-state index is 0.0721. The molecule has 0 saturated carbocycles. The van der Waals surface area contributed by atoms with Crippen LogP contribution in [0.15, 0.2) is 12.1 Å². The molecular weight excluding hydrogens is 256 g/mol. The maximum absolute atomic E-state index is 11.5. The van der Waals surface area contributed by atoms with E-state index in [1.54, 1.807) is 12.1 Å². The summed E-state index contributed by atoms with van der Waals surface area (Å²) in [5.41, 5.74) is 0.389. The smallest absolute Gasteiger partial charge is 0.271 e. The first kappa shape index (κ1) is 16.4. The first-order valence-corrected chi connectivity index (χ1v) is 6.95. The van der Waals surface area contributed by atoms with Gasteiger partial charge in [-0.05, 0) is 37.3 Å². The third kappa shape index (κ3) is 5.52. The molecule has 1 aromatic heterocycles. The molecule has 3 N–H and O–H groups in total. The summed E-state index contributed by atoms with van der Waals surface area (Å²) in [6, 6.07) is 3.40. The summed E-state index contributed by atoms with van der Waals surface area (Å²) < 4.78 is 0. The Labute approximate surface area is 120 Å². The van der Waals surface area contributed by atoms with Gasteiger partial charge in [-0.25, -0.2) is 0 Å². The van der Waals surface area contributed by atoms with Crippen LogP contribution in [-0.2, 0) is 0 Å². The molecule has 6 nitrogen and oxygen atoms in total. The fourth-order valence-corrected chi connectivity index (χ4v) is 1.77. The number of nitrogens with zero attached hydrogens (tertiary/aromatic N) is 2. The molecule has 0 aliphatic rings. The van der Waals surface area contributed by atoms with E-state index in [9.17, 15) is 4.79 Å². The van der Waals surface area contributed by atoms with Crippen molar-refractivity contribution in [3.63, 3.8) is 0 Å². The molecule has 0 spiro atoms. The minimum Gasteiger partial charge on any atom is -0.396 e. The van der Waals surface area contributed by atoms with Gasteiger partial charge in [0.05, 0.1) is 0 Å². The number of carbonyl (C=O) groups excluding carboxylic acids is 1. The van der Waals surface area contributed by atoms with Gasteiger partial charge in [0.2, 0.25) is 0 Å². The van der Waals surface area contributed by atoms with Crippen LogP contribution in [0.1, 0.15) is 44.1 Å². The van der Waals surface area contributed by atoms with Crippen LogP contribution in [0.3, 0.4) is 0 Å². The Kier molecular flexibility index (Phi) is 6.38. The van der Waals surface area contributed by atoms with E-state index in [0.717, 1.165) is 19.4 Å². The van der Waals surface area contributed by atoms with Crippen LogP contribution in [0.5, 0.6) is 0 Å². The van der Waals surface area contributed by atoms with Gasteiger partial charge >= 0.3 is 0 Å². The molecule has 0 aliphatic heterocycles. The summed E-state index contributed by atoms with van der Waals surface area (Å²) in [6.45, 7) is 7.64. The Hall–Kier alpha value is -1.69. The van der Waals surface area contributed by atoms with Crippen LogP contribution in [0, 0.1) is 5.41 Å². The highest BCUT2D eigenvalue weighted by atomic mass is 16.2. The number of carbonyl (C=O) groups is 1. The van der Waals surface area contributed by atoms with Gasteiger partial charge in [-0.1, -0.05) is 13.8 Å². The van der Waals surface area contributed by atoms with Gasteiger partial charge in [0.25, 0.3) is 5.91 Å². The number of aliphatic hydroxyl groups is 1. The maximum Gasteiger partial charge on any atom is 0.271 e. The topological polar surface area (TPSA) is 87.1 Å². The third-order valence-electron chi connectivity index (χ3n) is 2.99. The van der Waals surface area contributed by atoms with Crippen molar-refractivity contribution in [2.45, 2.75) is 33.6 Å². The summed E-state index contributed by atoms with van der Waals surface area (Å²) in [5, 5.41) is 22.6. The lowest BCUT2D eigenvalue weighted by Crippen LogP contribution is -2.25. The number of aromatic nitrogens is 2. The van der Waals surface area contributed by atoms with E-state index in [4.69, 9.17) is 5.11 Å². The molecule has 0 bridgehead atoms. The highest BCUT2D eigenvalue weighted by Gasteiger charge is 2.17. The van der Waals surface area contributed by atoms with Crippen molar-refractivity contribution in [2.75, 3.05) is 25.0 Å². The monoisotopic (exact) mass is 280 g/mol. The molecule has 6 heteroatoms. The minimum atomic E-state index is -0.213. The van der Waals surface area contributed by atoms with Gasteiger partial charge in [0, 0.05) is 19.7 Å². The summed E-state index contributed by atoms with van der Waals surface area (Å²) in [6.07, 6.45) is 1.72. The van der Waals surface area contributed by atoms with E-state index in [2.05, 4.69) is 34.7 Å². The van der Waals surface area contributed by atoms with E-state index >= 15 is 0 Å². The van der Waals surface area contributed by atoms with Crippen molar-refractivity contribution >= 4 is 11.7 Å². The molecule has 20 heavy (non-hydrogen) atoms. The van der Waals surface area contributed by atoms with Crippen molar-refractivity contribution in [1.82, 2.24) is 15.5 Å². The fourth-order valence-electron chi connectivity index (χ4n) is 1.77. The van der Waals surface area contributed by atoms with Crippen LogP contribution < -0.4 is 10.6 Å². The third-order valence-corrected chi connectivity index (χ3v) is 2.99. The maximum atomic E-state index is 11.5. The van der Waals surface area contributed by atoms with Crippen molar-refractivity contribution in [1.29, 1.82) is 0 Å². The molecule has 0 fully saturated rings. The Morgan fingerprint density at radius 1 is 1.35 bits per heavy atom. The molecule has 112 valence electrons. The second-order valence-electron chi connectivity index (χ2n) is 5.51. The Bertz CT molecular complexity index is 418. The molecule has 1 heterocycles. The van der Waals surface area contributed by atoms with Gasteiger partial charge in [-0.15, -0.1) is 10.2 Å². The number of rotatable bonds is 8. The summed E-state index contributed by atoms with van der Waals surface area (Å²) in [4.78, 5) is 11.5. The Morgan fingerprint density at radius 2 is 2.10 bits per heavy atom. The molecule has 1 rings (SSSR count). The Morgan fingerprint density at radius 3 is 2.65 bits per heavy atom. The van der Waals surface area contributed by atoms with Crippen LogP contribution in [0.2, 0.25) is 0 Å².